The second-order valence-corrected chi connectivity index (χ2v) is 2.88. The molecule has 1 aromatic carbocycles. The van der Waals surface area contributed by atoms with Crippen molar-refractivity contribution in [2.75, 3.05) is 12.4 Å². The summed E-state index contributed by atoms with van der Waals surface area (Å²) in [4.78, 5) is 10.9. The summed E-state index contributed by atoms with van der Waals surface area (Å²) in [6.07, 6.45) is 0. The summed E-state index contributed by atoms with van der Waals surface area (Å²) in [6, 6.07) is 4.33. The van der Waals surface area contributed by atoms with Crippen molar-refractivity contribution in [2.45, 2.75) is 0 Å². The number of nitrogens with one attached hydrogen (secondary N) is 2. The Morgan fingerprint density at radius 3 is 2.86 bits per heavy atom. The number of methoxy groups -OCH3 is 1. The minimum absolute atomic E-state index is 0.461. The predicted octanol–water partition coefficient (Wildman–Crippen LogP) is 1.34. The molecule has 0 fully saturated rings. The molecule has 0 saturated heterocycles. The highest BCUT2D eigenvalue weighted by Gasteiger charge is 2.06. The van der Waals surface area contributed by atoms with Gasteiger partial charge in [0.15, 0.2) is 0 Å². The summed E-state index contributed by atoms with van der Waals surface area (Å²) in [6.45, 7) is 0. The molecule has 0 aliphatic carbocycles. The third kappa shape index (κ3) is 2.51. The average Bonchev–Trinajstić information content (AvgIpc) is 2.18. The second-order valence-electron chi connectivity index (χ2n) is 2.44. The van der Waals surface area contributed by atoms with Gasteiger partial charge >= 0.3 is 6.03 Å². The zero-order valence-corrected chi connectivity index (χ0v) is 8.26. The van der Waals surface area contributed by atoms with E-state index in [4.69, 9.17) is 22.2 Å². The van der Waals surface area contributed by atoms with Crippen LogP contribution in [0.25, 0.3) is 0 Å². The number of ether oxygens (including phenoxy) is 1. The maximum absolute atomic E-state index is 10.9. The molecule has 0 saturated carbocycles. The van der Waals surface area contributed by atoms with Crippen LogP contribution in [0.3, 0.4) is 0 Å². The number of hydrazine groups is 1. The van der Waals surface area contributed by atoms with E-state index < -0.39 is 6.03 Å². The monoisotopic (exact) mass is 215 g/mol. The molecule has 0 aliphatic heterocycles. The van der Waals surface area contributed by atoms with E-state index in [1.54, 1.807) is 18.2 Å². The van der Waals surface area contributed by atoms with E-state index in [9.17, 15) is 4.79 Å². The lowest BCUT2D eigenvalue weighted by Crippen LogP contribution is -2.34. The number of nitrogens with two attached hydrogens (primary N) is 1. The van der Waals surface area contributed by atoms with Crippen molar-refractivity contribution < 1.29 is 9.53 Å². The summed E-state index contributed by atoms with van der Waals surface area (Å²) in [7, 11) is 1.49. The van der Waals surface area contributed by atoms with Crippen molar-refractivity contribution in [1.82, 2.24) is 5.43 Å². The van der Waals surface area contributed by atoms with E-state index in [1.165, 1.54) is 7.11 Å². The first-order valence-electron chi connectivity index (χ1n) is 3.78. The van der Waals surface area contributed by atoms with Crippen molar-refractivity contribution in [2.24, 2.45) is 5.84 Å². The van der Waals surface area contributed by atoms with Gasteiger partial charge in [0, 0.05) is 5.02 Å². The highest BCUT2D eigenvalue weighted by Crippen LogP contribution is 2.27. The maximum atomic E-state index is 10.9. The van der Waals surface area contributed by atoms with Gasteiger partial charge in [-0.1, -0.05) is 11.6 Å². The van der Waals surface area contributed by atoms with Crippen LogP contribution in [0.1, 0.15) is 0 Å². The predicted molar refractivity (Wildman–Crippen MR) is 54.3 cm³/mol. The standard InChI is InChI=1S/C8H10ClN3O2/c1-14-7-3-2-5(9)4-6(7)11-8(13)12-10/h2-4H,10H2,1H3,(H2,11,12,13). The minimum atomic E-state index is -0.537. The Bertz CT molecular complexity index is 343. The normalized spacial score (nSPS) is 9.36. The summed E-state index contributed by atoms with van der Waals surface area (Å²) >= 11 is 5.74. The molecule has 5 nitrogen and oxygen atoms in total. The summed E-state index contributed by atoms with van der Waals surface area (Å²) in [5.41, 5.74) is 2.40. The number of rotatable bonds is 2. The van der Waals surface area contributed by atoms with E-state index in [-0.39, 0.29) is 0 Å². The highest BCUT2D eigenvalue weighted by molar-refractivity contribution is 6.31. The molecule has 0 unspecified atom stereocenters. The molecule has 1 aromatic rings. The lowest BCUT2D eigenvalue weighted by Gasteiger charge is -2.09. The van der Waals surface area contributed by atoms with Crippen LogP contribution in [0, 0.1) is 0 Å². The van der Waals surface area contributed by atoms with Gasteiger partial charge in [-0.2, -0.15) is 0 Å². The minimum Gasteiger partial charge on any atom is -0.495 e. The number of carbonyl (C=O) groups excluding carboxylic acids is 1. The topological polar surface area (TPSA) is 76.4 Å². The van der Waals surface area contributed by atoms with E-state index in [2.05, 4.69) is 5.32 Å². The largest absolute Gasteiger partial charge is 0.495 e. The van der Waals surface area contributed by atoms with E-state index in [0.29, 0.717) is 16.5 Å². The SMILES string of the molecule is COc1ccc(Cl)cc1NC(=O)NN. The van der Waals surface area contributed by atoms with Gasteiger partial charge in [0.1, 0.15) is 5.75 Å². The van der Waals surface area contributed by atoms with Gasteiger partial charge < -0.3 is 10.1 Å². The third-order valence-electron chi connectivity index (χ3n) is 1.54. The maximum Gasteiger partial charge on any atom is 0.333 e. The van der Waals surface area contributed by atoms with Gasteiger partial charge in [0.25, 0.3) is 0 Å². The molecule has 0 aromatic heterocycles. The second kappa shape index (κ2) is 4.69. The van der Waals surface area contributed by atoms with Gasteiger partial charge in [-0.05, 0) is 18.2 Å². The van der Waals surface area contributed by atoms with Crippen molar-refractivity contribution >= 4 is 23.3 Å². The zero-order valence-electron chi connectivity index (χ0n) is 7.50. The molecular weight excluding hydrogens is 206 g/mol. The van der Waals surface area contributed by atoms with Crippen LogP contribution in [0.2, 0.25) is 5.02 Å². The van der Waals surface area contributed by atoms with Crippen LogP contribution >= 0.6 is 11.6 Å². The lowest BCUT2D eigenvalue weighted by molar-refractivity contribution is 0.252. The van der Waals surface area contributed by atoms with Gasteiger partial charge in [0.2, 0.25) is 0 Å². The van der Waals surface area contributed by atoms with Crippen LogP contribution in [0.4, 0.5) is 10.5 Å². The molecule has 0 bridgehead atoms. The number of halogens is 1. The van der Waals surface area contributed by atoms with Crippen LogP contribution in [0.5, 0.6) is 5.75 Å². The number of anilines is 1. The Hall–Kier alpha value is -1.46. The molecular formula is C8H10ClN3O2. The van der Waals surface area contributed by atoms with Crippen LogP contribution < -0.4 is 21.3 Å². The van der Waals surface area contributed by atoms with Gasteiger partial charge in [-0.25, -0.2) is 10.6 Å². The van der Waals surface area contributed by atoms with Crippen molar-refractivity contribution in [3.05, 3.63) is 23.2 Å². The fourth-order valence-electron chi connectivity index (χ4n) is 0.936. The van der Waals surface area contributed by atoms with Gasteiger partial charge in [-0.3, -0.25) is 5.43 Å². The van der Waals surface area contributed by atoms with Crippen molar-refractivity contribution in [3.63, 3.8) is 0 Å². The molecule has 6 heteroatoms. The molecule has 2 amide bonds. The zero-order chi connectivity index (χ0) is 10.6. The fraction of sp³-hybridized carbons (Fsp3) is 0.125. The summed E-state index contributed by atoms with van der Waals surface area (Å²) < 4.78 is 5.00. The first-order chi connectivity index (χ1) is 6.67. The molecule has 0 atom stereocenters. The molecule has 0 aliphatic rings. The molecule has 0 heterocycles. The number of benzene rings is 1. The van der Waals surface area contributed by atoms with Crippen molar-refractivity contribution in [3.8, 4) is 5.75 Å². The summed E-state index contributed by atoms with van der Waals surface area (Å²) in [5.74, 6) is 5.43. The van der Waals surface area contributed by atoms with E-state index in [0.717, 1.165) is 0 Å². The molecule has 1 rings (SSSR count). The first kappa shape index (κ1) is 10.6. The molecule has 4 N–H and O–H groups in total. The number of amides is 2. The Morgan fingerprint density at radius 2 is 2.29 bits per heavy atom. The first-order valence-corrected chi connectivity index (χ1v) is 4.16. The van der Waals surface area contributed by atoms with Crippen molar-refractivity contribution in [1.29, 1.82) is 0 Å². The average molecular weight is 216 g/mol. The Labute approximate surface area is 86.1 Å². The fourth-order valence-corrected chi connectivity index (χ4v) is 1.11. The molecule has 76 valence electrons. The number of urea groups is 1. The van der Waals surface area contributed by atoms with E-state index in [1.807, 2.05) is 5.43 Å². The Morgan fingerprint density at radius 1 is 1.57 bits per heavy atom. The summed E-state index contributed by atoms with van der Waals surface area (Å²) in [5, 5.41) is 2.97. The Balaban J connectivity index is 2.93. The third-order valence-corrected chi connectivity index (χ3v) is 1.78. The Kier molecular flexibility index (Phi) is 3.55. The molecule has 14 heavy (non-hydrogen) atoms. The van der Waals surface area contributed by atoms with Gasteiger partial charge in [-0.15, -0.1) is 0 Å². The number of hydrogen-bond donors (Lipinski definition) is 3. The van der Waals surface area contributed by atoms with Gasteiger partial charge in [0.05, 0.1) is 12.8 Å². The number of carbonyl (C=O) groups is 1. The van der Waals surface area contributed by atoms with Crippen LogP contribution in [-0.4, -0.2) is 13.1 Å². The van der Waals surface area contributed by atoms with Crippen LogP contribution in [-0.2, 0) is 0 Å². The highest BCUT2D eigenvalue weighted by atomic mass is 35.5. The number of hydrogen-bond acceptors (Lipinski definition) is 3. The smallest absolute Gasteiger partial charge is 0.333 e. The molecule has 0 spiro atoms. The van der Waals surface area contributed by atoms with Crippen LogP contribution in [0.15, 0.2) is 18.2 Å². The lowest BCUT2D eigenvalue weighted by atomic mass is 10.3. The quantitative estimate of drug-likeness (QED) is 0.396. The van der Waals surface area contributed by atoms with E-state index >= 15 is 0 Å². The molecule has 0 radical (unpaired) electrons.